The summed E-state index contributed by atoms with van der Waals surface area (Å²) < 4.78 is 39.0. The number of carbonyl (C=O) groups is 1. The molecule has 0 radical (unpaired) electrons. The van der Waals surface area contributed by atoms with Crippen LogP contribution in [0.1, 0.15) is 10.4 Å². The lowest BCUT2D eigenvalue weighted by molar-refractivity contribution is 0.102. The first kappa shape index (κ1) is 14.2. The molecule has 3 N–H and O–H groups in total. The summed E-state index contributed by atoms with van der Waals surface area (Å²) in [5.41, 5.74) is 5.20. The van der Waals surface area contributed by atoms with Crippen LogP contribution in [0.25, 0.3) is 0 Å². The van der Waals surface area contributed by atoms with E-state index in [1.54, 1.807) is 0 Å². The van der Waals surface area contributed by atoms with E-state index < -0.39 is 23.4 Å². The van der Waals surface area contributed by atoms with Gasteiger partial charge in [0.2, 0.25) is 0 Å². The van der Waals surface area contributed by atoms with Crippen LogP contribution in [0.2, 0.25) is 5.02 Å². The molecule has 104 valence electrons. The van der Waals surface area contributed by atoms with Crippen LogP contribution < -0.4 is 11.1 Å². The molecular weight excluding hydrogens is 293 g/mol. The Hall–Kier alpha value is -2.21. The average Bonchev–Trinajstić information content (AvgIpc) is 2.38. The molecule has 1 amide bonds. The fourth-order valence-electron chi connectivity index (χ4n) is 1.53. The predicted molar refractivity (Wildman–Crippen MR) is 70.1 cm³/mol. The lowest BCUT2D eigenvalue weighted by Gasteiger charge is -2.08. The zero-order valence-corrected chi connectivity index (χ0v) is 10.6. The van der Waals surface area contributed by atoms with Crippen LogP contribution in [0, 0.1) is 17.5 Å². The molecule has 0 aliphatic heterocycles. The van der Waals surface area contributed by atoms with Crippen molar-refractivity contribution in [3.63, 3.8) is 0 Å². The summed E-state index contributed by atoms with van der Waals surface area (Å²) in [5, 5.41) is 2.18. The topological polar surface area (TPSA) is 55.1 Å². The van der Waals surface area contributed by atoms with E-state index in [0.717, 1.165) is 6.07 Å². The Labute approximate surface area is 117 Å². The molecule has 0 aliphatic rings. The standard InChI is InChI=1S/C13H8ClF3N2O/c14-8-3-6(1-2-9(8)15)19-13(20)7-4-10(16)11(17)5-12(7)18/h1-5H,18H2,(H,19,20). The molecule has 2 aromatic carbocycles. The number of nitrogen functional groups attached to an aromatic ring is 1. The second kappa shape index (κ2) is 5.42. The minimum atomic E-state index is -1.19. The molecule has 0 atom stereocenters. The molecule has 3 nitrogen and oxygen atoms in total. The number of hydrogen-bond donors (Lipinski definition) is 2. The van der Waals surface area contributed by atoms with Gasteiger partial charge in [-0.1, -0.05) is 11.6 Å². The van der Waals surface area contributed by atoms with Crippen LogP contribution in [0.4, 0.5) is 24.5 Å². The molecule has 0 aliphatic carbocycles. The van der Waals surface area contributed by atoms with E-state index in [1.807, 2.05) is 0 Å². The van der Waals surface area contributed by atoms with Crippen molar-refractivity contribution < 1.29 is 18.0 Å². The van der Waals surface area contributed by atoms with Gasteiger partial charge in [0.25, 0.3) is 5.91 Å². The summed E-state index contributed by atoms with van der Waals surface area (Å²) in [6, 6.07) is 4.92. The smallest absolute Gasteiger partial charge is 0.257 e. The minimum absolute atomic E-state index is 0.180. The molecular formula is C13H8ClF3N2O. The predicted octanol–water partition coefficient (Wildman–Crippen LogP) is 3.59. The van der Waals surface area contributed by atoms with E-state index in [2.05, 4.69) is 5.32 Å². The zero-order chi connectivity index (χ0) is 14.9. The van der Waals surface area contributed by atoms with E-state index in [1.165, 1.54) is 12.1 Å². The van der Waals surface area contributed by atoms with Gasteiger partial charge in [-0.25, -0.2) is 13.2 Å². The number of carbonyl (C=O) groups excluding carboxylic acids is 1. The number of nitrogens with two attached hydrogens (primary N) is 1. The fraction of sp³-hybridized carbons (Fsp3) is 0. The second-order valence-corrected chi connectivity index (χ2v) is 4.34. The molecule has 2 aromatic rings. The van der Waals surface area contributed by atoms with Gasteiger partial charge >= 0.3 is 0 Å². The van der Waals surface area contributed by atoms with Crippen molar-refractivity contribution in [3.05, 3.63) is 58.4 Å². The van der Waals surface area contributed by atoms with Crippen molar-refractivity contribution in [2.75, 3.05) is 11.1 Å². The van der Waals surface area contributed by atoms with Crippen molar-refractivity contribution >= 4 is 28.9 Å². The van der Waals surface area contributed by atoms with Crippen LogP contribution >= 0.6 is 11.6 Å². The summed E-state index contributed by atoms with van der Waals surface area (Å²) in [6.45, 7) is 0. The van der Waals surface area contributed by atoms with E-state index in [4.69, 9.17) is 17.3 Å². The Morgan fingerprint density at radius 2 is 1.70 bits per heavy atom. The lowest BCUT2D eigenvalue weighted by atomic mass is 10.1. The number of benzene rings is 2. The molecule has 0 saturated carbocycles. The zero-order valence-electron chi connectivity index (χ0n) is 9.88. The number of amides is 1. The highest BCUT2D eigenvalue weighted by atomic mass is 35.5. The number of halogens is 4. The first-order valence-corrected chi connectivity index (χ1v) is 5.77. The van der Waals surface area contributed by atoms with Gasteiger partial charge in [-0.3, -0.25) is 4.79 Å². The van der Waals surface area contributed by atoms with Crippen molar-refractivity contribution in [3.8, 4) is 0 Å². The van der Waals surface area contributed by atoms with E-state index in [0.29, 0.717) is 12.1 Å². The molecule has 0 aromatic heterocycles. The quantitative estimate of drug-likeness (QED) is 0.833. The summed E-state index contributed by atoms with van der Waals surface area (Å²) in [5.74, 6) is -3.74. The first-order valence-electron chi connectivity index (χ1n) is 5.39. The van der Waals surface area contributed by atoms with Gasteiger partial charge in [0.1, 0.15) is 5.82 Å². The molecule has 7 heteroatoms. The van der Waals surface area contributed by atoms with Gasteiger partial charge < -0.3 is 11.1 Å². The molecule has 0 bridgehead atoms. The Balaban J connectivity index is 2.28. The number of nitrogens with one attached hydrogen (secondary N) is 1. The number of rotatable bonds is 2. The monoisotopic (exact) mass is 300 g/mol. The summed E-state index contributed by atoms with van der Waals surface area (Å²) >= 11 is 5.56. The van der Waals surface area contributed by atoms with Gasteiger partial charge in [-0.2, -0.15) is 0 Å². The van der Waals surface area contributed by atoms with Crippen molar-refractivity contribution in [1.82, 2.24) is 0 Å². The Morgan fingerprint density at radius 3 is 2.35 bits per heavy atom. The average molecular weight is 301 g/mol. The molecule has 0 saturated heterocycles. The molecule has 2 rings (SSSR count). The number of anilines is 2. The minimum Gasteiger partial charge on any atom is -0.398 e. The van der Waals surface area contributed by atoms with Crippen LogP contribution in [0.3, 0.4) is 0 Å². The van der Waals surface area contributed by atoms with Gasteiger partial charge in [0, 0.05) is 17.4 Å². The fourth-order valence-corrected chi connectivity index (χ4v) is 1.71. The van der Waals surface area contributed by atoms with Gasteiger partial charge in [-0.05, 0) is 24.3 Å². The Morgan fingerprint density at radius 1 is 1.05 bits per heavy atom. The molecule has 20 heavy (non-hydrogen) atoms. The highest BCUT2D eigenvalue weighted by Gasteiger charge is 2.15. The lowest BCUT2D eigenvalue weighted by Crippen LogP contribution is -2.15. The van der Waals surface area contributed by atoms with E-state index in [9.17, 15) is 18.0 Å². The molecule has 0 fully saturated rings. The maximum atomic E-state index is 13.1. The summed E-state index contributed by atoms with van der Waals surface area (Å²) in [4.78, 5) is 11.9. The van der Waals surface area contributed by atoms with Crippen LogP contribution in [-0.4, -0.2) is 5.91 Å². The van der Waals surface area contributed by atoms with Crippen LogP contribution in [-0.2, 0) is 0 Å². The summed E-state index contributed by atoms with van der Waals surface area (Å²) in [7, 11) is 0. The van der Waals surface area contributed by atoms with Crippen molar-refractivity contribution in [2.45, 2.75) is 0 Å². The van der Waals surface area contributed by atoms with Crippen molar-refractivity contribution in [1.29, 1.82) is 0 Å². The second-order valence-electron chi connectivity index (χ2n) is 3.94. The molecule has 0 unspecified atom stereocenters. The van der Waals surface area contributed by atoms with Crippen LogP contribution in [0.15, 0.2) is 30.3 Å². The van der Waals surface area contributed by atoms with Crippen LogP contribution in [0.5, 0.6) is 0 Å². The first-order chi connectivity index (χ1) is 9.38. The Kier molecular flexibility index (Phi) is 3.85. The van der Waals surface area contributed by atoms with Gasteiger partial charge in [-0.15, -0.1) is 0 Å². The summed E-state index contributed by atoms with van der Waals surface area (Å²) in [6.07, 6.45) is 0. The molecule has 0 heterocycles. The van der Waals surface area contributed by atoms with Gasteiger partial charge in [0.15, 0.2) is 11.6 Å². The molecule has 0 spiro atoms. The normalized spacial score (nSPS) is 10.4. The third-order valence-electron chi connectivity index (χ3n) is 2.51. The van der Waals surface area contributed by atoms with E-state index in [-0.39, 0.29) is 22.0 Å². The SMILES string of the molecule is Nc1cc(F)c(F)cc1C(=O)Nc1ccc(F)c(Cl)c1. The highest BCUT2D eigenvalue weighted by molar-refractivity contribution is 6.31. The maximum absolute atomic E-state index is 13.1. The third kappa shape index (κ3) is 2.85. The number of hydrogen-bond acceptors (Lipinski definition) is 2. The highest BCUT2D eigenvalue weighted by Crippen LogP contribution is 2.22. The van der Waals surface area contributed by atoms with E-state index >= 15 is 0 Å². The largest absolute Gasteiger partial charge is 0.398 e. The Bertz CT molecular complexity index is 692. The van der Waals surface area contributed by atoms with Crippen molar-refractivity contribution in [2.24, 2.45) is 0 Å². The maximum Gasteiger partial charge on any atom is 0.257 e. The third-order valence-corrected chi connectivity index (χ3v) is 2.80. The van der Waals surface area contributed by atoms with Gasteiger partial charge in [0.05, 0.1) is 10.6 Å².